The molecule has 0 N–H and O–H groups in total. The summed E-state index contributed by atoms with van der Waals surface area (Å²) in [7, 11) is -2.64. The van der Waals surface area contributed by atoms with Crippen molar-refractivity contribution in [1.29, 1.82) is 0 Å². The second kappa shape index (κ2) is 7.11. The van der Waals surface area contributed by atoms with Crippen molar-refractivity contribution in [2.24, 2.45) is 0 Å². The van der Waals surface area contributed by atoms with Crippen LogP contribution in [0.4, 0.5) is 0 Å². The lowest BCUT2D eigenvalue weighted by Crippen LogP contribution is -2.16. The average Bonchev–Trinajstić information content (AvgIpc) is 1.41. The molecule has 0 aliphatic heterocycles. The van der Waals surface area contributed by atoms with Crippen LogP contribution in [0.15, 0.2) is 29.2 Å². The van der Waals surface area contributed by atoms with Crippen molar-refractivity contribution in [2.45, 2.75) is 4.90 Å². The average molecular weight is 1030 g/mol. The molecule has 0 aliphatic rings. The van der Waals surface area contributed by atoms with E-state index in [-0.39, 0.29) is 0 Å². The highest BCUT2D eigenvalue weighted by molar-refractivity contribution is 7.90. The fourth-order valence-electron chi connectivity index (χ4n) is 27.3. The van der Waals surface area contributed by atoms with Crippen molar-refractivity contribution in [3.05, 3.63) is 24.3 Å². The molecule has 0 radical (unpaired) electrons. The Balaban J connectivity index is 1.12. The smallest absolute Gasteiger partial charge is 0.268 e. The molecule has 0 amide bonds. The maximum Gasteiger partial charge on any atom is 0.268 e. The van der Waals surface area contributed by atoms with E-state index in [1.54, 1.807) is 158 Å². The first kappa shape index (κ1) is 30.9. The Morgan fingerprint density at radius 3 is 0.463 bits per heavy atom. The Morgan fingerprint density at radius 1 is 0.207 bits per heavy atom. The quantitative estimate of drug-likeness (QED) is 0.131. The lowest BCUT2D eigenvalue weighted by atomic mass is 9.78. The second-order valence-electron chi connectivity index (χ2n) is 28.6. The van der Waals surface area contributed by atoms with Gasteiger partial charge in [-0.25, -0.2) is 12.4 Å². The number of rotatable bonds is 3. The third kappa shape index (κ3) is 1.72. The van der Waals surface area contributed by atoms with Crippen molar-refractivity contribution in [1.82, 2.24) is 3.97 Å². The van der Waals surface area contributed by atoms with Gasteiger partial charge in [0.25, 0.3) is 10.0 Å². The summed E-state index contributed by atoms with van der Waals surface area (Å²) in [5, 5.41) is 101. The highest BCUT2D eigenvalue weighted by atomic mass is 32.2. The maximum absolute atomic E-state index is 17.3. The van der Waals surface area contributed by atoms with E-state index in [2.05, 4.69) is 0 Å². The Bertz CT molecular complexity index is 9060. The molecule has 1 heterocycles. The number of methoxy groups -OCH3 is 1. The van der Waals surface area contributed by atoms with Crippen LogP contribution in [0.5, 0.6) is 5.75 Å². The minimum Gasteiger partial charge on any atom is -0.497 e. The van der Waals surface area contributed by atoms with Crippen LogP contribution in [0.3, 0.4) is 0 Å². The topological polar surface area (TPSA) is 48.3 Å². The zero-order valence-electron chi connectivity index (χ0n) is 41.4. The van der Waals surface area contributed by atoms with E-state index >= 15 is 8.42 Å². The first-order valence-corrected chi connectivity index (χ1v) is 31.0. The number of nitrogens with zero attached hydrogens (tertiary/aromatic N) is 1. The van der Waals surface area contributed by atoms with Crippen LogP contribution in [0.25, 0.3) is 377 Å². The predicted octanol–water partition coefficient (Wildman–Crippen LogP) is 21.3. The number of benzene rings is 25. The monoisotopic (exact) mass is 1030 g/mol. The number of hydrogen-bond acceptors (Lipinski definition) is 3. The normalized spacial score (nSPS) is 17.2. The number of ether oxygens (including phenoxy) is 1. The van der Waals surface area contributed by atoms with Gasteiger partial charge in [0.05, 0.1) is 23.0 Å². The van der Waals surface area contributed by atoms with Crippen molar-refractivity contribution >= 4 is 387 Å². The van der Waals surface area contributed by atoms with E-state index in [9.17, 15) is 0 Å². The molecule has 82 heavy (non-hydrogen) atoms. The molecule has 0 unspecified atom stereocenters. The fourth-order valence-corrected chi connectivity index (χ4v) is 28.8. The lowest BCUT2D eigenvalue weighted by molar-refractivity contribution is 0.414. The van der Waals surface area contributed by atoms with E-state index in [0.717, 1.165) is 11.0 Å². The summed E-state index contributed by atoms with van der Waals surface area (Å²) in [5.74, 6) is 0.655. The summed E-state index contributed by atoms with van der Waals surface area (Å²) in [4.78, 5) is 0.309. The van der Waals surface area contributed by atoms with Crippen LogP contribution >= 0.6 is 0 Å². The molecule has 1 aromatic heterocycles. The summed E-state index contributed by atoms with van der Waals surface area (Å²) in [6.45, 7) is 0. The molecule has 36 aromatic carbocycles. The molecule has 4 nitrogen and oxygen atoms in total. The molecule has 5 heteroatoms. The first-order valence-electron chi connectivity index (χ1n) is 29.6. The molecule has 344 valence electrons. The van der Waals surface area contributed by atoms with Gasteiger partial charge >= 0.3 is 0 Å². The molecule has 0 bridgehead atoms. The van der Waals surface area contributed by atoms with Gasteiger partial charge in [-0.2, -0.15) is 0 Å². The highest BCUT2D eigenvalue weighted by Gasteiger charge is 2.52. The summed E-state index contributed by atoms with van der Waals surface area (Å²) < 4.78 is 42.3. The van der Waals surface area contributed by atoms with Crippen LogP contribution in [0.2, 0.25) is 0 Å². The zero-order chi connectivity index (χ0) is 49.2. The fraction of sp³-hybridized carbons (Fsp3) is 0.0130. The molecule has 37 rings (SSSR count). The van der Waals surface area contributed by atoms with Crippen molar-refractivity contribution in [3.8, 4) is 5.75 Å². The summed E-state index contributed by atoms with van der Waals surface area (Å²) >= 11 is 0. The van der Waals surface area contributed by atoms with E-state index in [0.29, 0.717) is 10.6 Å². The van der Waals surface area contributed by atoms with Crippen LogP contribution in [-0.4, -0.2) is 19.5 Å². The SMILES string of the molecule is COc1ccc(S(=O)(=O)n2c3c4c5c6c7c8c9c%10c%11c%12c%13c%14c%11c%11c%15c%16c%14c%14c%17c%13c%13c%18c%12c9c9c%18c%12c%18c%13c%17c%13c%17c%14c%16c%14c%16c%15c%15c%11c%10c8c8c%15c%10c%16c%11c%15c%14c%17c%14c%16c%13c%18c%13c%17c%12c(c97)c5c%17c3c(c%13%16)c(c%14%15)c2c%11c%10c4c86)cc1. The van der Waals surface area contributed by atoms with Crippen molar-refractivity contribution < 1.29 is 13.2 Å². The highest BCUT2D eigenvalue weighted by Crippen LogP contribution is 2.81. The molecule has 0 spiro atoms. The molecule has 0 saturated heterocycles. The molecular formula is C77H7NO3S. The minimum absolute atomic E-state index is 0.309. The van der Waals surface area contributed by atoms with Gasteiger partial charge in [-0.15, -0.1) is 0 Å². The van der Waals surface area contributed by atoms with Crippen LogP contribution in [0, 0.1) is 0 Å². The minimum atomic E-state index is -4.32. The third-order valence-electron chi connectivity index (χ3n) is 28.0. The van der Waals surface area contributed by atoms with Crippen LogP contribution < -0.4 is 4.74 Å². The number of fused-ring (bicyclic) bond motifs is 5. The third-order valence-corrected chi connectivity index (χ3v) is 29.7. The van der Waals surface area contributed by atoms with Crippen LogP contribution in [0.1, 0.15) is 0 Å². The summed E-state index contributed by atoms with van der Waals surface area (Å²) in [6, 6.07) is 7.35. The molecule has 0 fully saturated rings. The maximum atomic E-state index is 17.3. The van der Waals surface area contributed by atoms with Gasteiger partial charge in [-0.05, 0) is 24.3 Å². The van der Waals surface area contributed by atoms with E-state index in [1.807, 2.05) is 28.2 Å². The lowest BCUT2D eigenvalue weighted by Gasteiger charge is -2.24. The summed E-state index contributed by atoms with van der Waals surface area (Å²) in [5.41, 5.74) is 1.84. The van der Waals surface area contributed by atoms with E-state index in [1.165, 1.54) is 215 Å². The van der Waals surface area contributed by atoms with Crippen molar-refractivity contribution in [3.63, 3.8) is 0 Å². The molecule has 0 saturated carbocycles. The van der Waals surface area contributed by atoms with E-state index in [4.69, 9.17) is 4.74 Å². The zero-order valence-corrected chi connectivity index (χ0v) is 42.2. The number of aromatic nitrogens is 1. The van der Waals surface area contributed by atoms with Gasteiger partial charge in [0.2, 0.25) is 0 Å². The van der Waals surface area contributed by atoms with Gasteiger partial charge in [0.15, 0.2) is 0 Å². The van der Waals surface area contributed by atoms with E-state index < -0.39 is 10.0 Å². The first-order chi connectivity index (χ1) is 40.7. The number of pyridine rings is 1. The van der Waals surface area contributed by atoms with Crippen molar-refractivity contribution in [2.75, 3.05) is 7.11 Å². The Morgan fingerprint density at radius 2 is 0.329 bits per heavy atom. The molecule has 0 aliphatic carbocycles. The van der Waals surface area contributed by atoms with Crippen LogP contribution in [-0.2, 0) is 10.0 Å². The van der Waals surface area contributed by atoms with Gasteiger partial charge in [-0.1, -0.05) is 0 Å². The second-order valence-corrected chi connectivity index (χ2v) is 30.4. The molecule has 37 aromatic rings. The van der Waals surface area contributed by atoms with Gasteiger partial charge < -0.3 is 4.74 Å². The predicted molar refractivity (Wildman–Crippen MR) is 347 cm³/mol. The summed E-state index contributed by atoms with van der Waals surface area (Å²) in [6.07, 6.45) is 0. The van der Waals surface area contributed by atoms with Gasteiger partial charge in [0.1, 0.15) is 5.75 Å². The standard InChI is InChI=1S/C77H7NO3S/c1-81-6-2-4-7(5-3-6)82(79,80)78-76-72-65-58-46-38-26-22-12-9-8-10-13(12)23-27-25-17(10)19-15-11(8)14-18-16(9)24(26)32-30(18)36-34-20(14)21(15)35-37-31(19)33(25)45-47-39(27)41-29(23)28(22)40(38)48-49(41)61-59(47)66-64-53(45)51(37)57-55-43(35)42(34)54-56-50(36)52(44(32)46)63(65)67(56)74(76)71(62(54)55)75(68(57)64)77(78)73(66)70(61)69(72)60(48)58/h2-5H,1H3. The Labute approximate surface area is 443 Å². The molecule has 0 atom stereocenters. The van der Waals surface area contributed by atoms with Gasteiger partial charge in [0, 0.05) is 366 Å². The Kier molecular flexibility index (Phi) is 2.68. The largest absolute Gasteiger partial charge is 0.497 e. The van der Waals surface area contributed by atoms with Gasteiger partial charge in [-0.3, -0.25) is 0 Å². The Hall–Kier alpha value is -10.3. The molecular weight excluding hydrogens is 1020 g/mol. The number of hydrogen-bond donors (Lipinski definition) is 0.